The molecule has 30 heavy (non-hydrogen) atoms. The fourth-order valence-corrected chi connectivity index (χ4v) is 8.30. The molecule has 4 fully saturated rings. The first kappa shape index (κ1) is 20.6. The lowest BCUT2D eigenvalue weighted by atomic mass is 9.49. The van der Waals surface area contributed by atoms with E-state index in [-0.39, 0.29) is 30.1 Å². The van der Waals surface area contributed by atoms with Crippen LogP contribution in [0.4, 0.5) is 8.78 Å². The van der Waals surface area contributed by atoms with Crippen LogP contribution in [0.1, 0.15) is 64.7 Å². The first-order valence-electron chi connectivity index (χ1n) is 11.8. The summed E-state index contributed by atoms with van der Waals surface area (Å²) in [6, 6.07) is 1.86. The molecule has 0 spiro atoms. The third-order valence-corrected chi connectivity index (χ3v) is 9.72. The normalized spacial score (nSPS) is 45.6. The SMILES string of the molecule is CC12CCC3C4CCC(O)(C(F)F)CC4CCC3C1CCC2C(=O)Cn1cccn1. The maximum atomic E-state index is 13.4. The summed E-state index contributed by atoms with van der Waals surface area (Å²) in [4.78, 5) is 13.1. The van der Waals surface area contributed by atoms with Crippen LogP contribution in [-0.4, -0.2) is 32.7 Å². The highest BCUT2D eigenvalue weighted by molar-refractivity contribution is 5.82. The van der Waals surface area contributed by atoms with Crippen molar-refractivity contribution < 1.29 is 18.7 Å². The largest absolute Gasteiger partial charge is 0.384 e. The number of Topliss-reactive ketones (excluding diaryl/α,β-unsaturated/α-hetero) is 1. The van der Waals surface area contributed by atoms with Gasteiger partial charge in [0.1, 0.15) is 5.60 Å². The van der Waals surface area contributed by atoms with Crippen molar-refractivity contribution in [3.8, 4) is 0 Å². The van der Waals surface area contributed by atoms with Gasteiger partial charge in [-0.05, 0) is 98.9 Å². The predicted octanol–water partition coefficient (Wildman–Crippen LogP) is 4.72. The number of halogens is 2. The lowest BCUT2D eigenvalue weighted by molar-refractivity contribution is -0.160. The number of fused-ring (bicyclic) bond motifs is 5. The number of rotatable bonds is 4. The molecule has 1 aromatic heterocycles. The van der Waals surface area contributed by atoms with Gasteiger partial charge >= 0.3 is 0 Å². The van der Waals surface area contributed by atoms with E-state index >= 15 is 0 Å². The molecule has 4 saturated carbocycles. The van der Waals surface area contributed by atoms with Crippen molar-refractivity contribution in [2.24, 2.45) is 40.9 Å². The summed E-state index contributed by atoms with van der Waals surface area (Å²) >= 11 is 0. The number of ketones is 1. The Hall–Kier alpha value is -1.30. The van der Waals surface area contributed by atoms with Crippen LogP contribution in [0.2, 0.25) is 0 Å². The molecule has 0 radical (unpaired) electrons. The van der Waals surface area contributed by atoms with Crippen LogP contribution < -0.4 is 0 Å². The molecule has 166 valence electrons. The van der Waals surface area contributed by atoms with Crippen molar-refractivity contribution in [2.45, 2.75) is 83.3 Å². The van der Waals surface area contributed by atoms with Gasteiger partial charge in [0.05, 0.1) is 6.54 Å². The monoisotopic (exact) mass is 420 g/mol. The summed E-state index contributed by atoms with van der Waals surface area (Å²) in [5, 5.41) is 14.6. The van der Waals surface area contributed by atoms with Crippen LogP contribution >= 0.6 is 0 Å². The summed E-state index contributed by atoms with van der Waals surface area (Å²) < 4.78 is 28.5. The molecule has 5 rings (SSSR count). The maximum Gasteiger partial charge on any atom is 0.266 e. The van der Waals surface area contributed by atoms with Gasteiger partial charge in [-0.25, -0.2) is 8.78 Å². The van der Waals surface area contributed by atoms with Crippen molar-refractivity contribution in [1.29, 1.82) is 0 Å². The molecule has 0 aromatic carbocycles. The van der Waals surface area contributed by atoms with E-state index in [4.69, 9.17) is 0 Å². The third kappa shape index (κ3) is 3.16. The Bertz CT molecular complexity index is 784. The number of carbonyl (C=O) groups excluding carboxylic acids is 1. The second-order valence-corrected chi connectivity index (χ2v) is 10.9. The number of carbonyl (C=O) groups is 1. The Kier molecular flexibility index (Phi) is 5.07. The highest BCUT2D eigenvalue weighted by atomic mass is 19.3. The summed E-state index contributed by atoms with van der Waals surface area (Å²) in [7, 11) is 0. The summed E-state index contributed by atoms with van der Waals surface area (Å²) in [5.41, 5.74) is -1.70. The molecule has 6 heteroatoms. The van der Waals surface area contributed by atoms with Gasteiger partial charge in [0.15, 0.2) is 5.78 Å². The van der Waals surface area contributed by atoms with E-state index in [0.717, 1.165) is 44.9 Å². The van der Waals surface area contributed by atoms with Gasteiger partial charge in [0, 0.05) is 18.3 Å². The molecule has 0 bridgehead atoms. The molecule has 8 unspecified atom stereocenters. The molecule has 1 N–H and O–H groups in total. The van der Waals surface area contributed by atoms with Gasteiger partial charge in [-0.15, -0.1) is 0 Å². The van der Waals surface area contributed by atoms with Gasteiger partial charge in [-0.2, -0.15) is 5.10 Å². The maximum absolute atomic E-state index is 13.4. The molecule has 0 amide bonds. The number of aromatic nitrogens is 2. The Morgan fingerprint density at radius 2 is 1.93 bits per heavy atom. The van der Waals surface area contributed by atoms with Gasteiger partial charge in [-0.1, -0.05) is 6.92 Å². The lowest BCUT2D eigenvalue weighted by Gasteiger charge is -2.57. The molecular formula is C24H34F2N2O2. The van der Waals surface area contributed by atoms with Crippen LogP contribution in [0.15, 0.2) is 18.5 Å². The van der Waals surface area contributed by atoms with Gasteiger partial charge < -0.3 is 5.11 Å². The fraction of sp³-hybridized carbons (Fsp3) is 0.833. The van der Waals surface area contributed by atoms with Gasteiger partial charge in [0.25, 0.3) is 6.43 Å². The van der Waals surface area contributed by atoms with E-state index < -0.39 is 12.0 Å². The van der Waals surface area contributed by atoms with Crippen LogP contribution in [-0.2, 0) is 11.3 Å². The van der Waals surface area contributed by atoms with Crippen molar-refractivity contribution in [1.82, 2.24) is 9.78 Å². The molecule has 4 nitrogen and oxygen atoms in total. The average Bonchev–Trinajstić information content (AvgIpc) is 3.34. The number of hydrogen-bond donors (Lipinski definition) is 1. The number of alkyl halides is 2. The highest BCUT2D eigenvalue weighted by Crippen LogP contribution is 2.64. The quantitative estimate of drug-likeness (QED) is 0.767. The Balaban J connectivity index is 1.30. The zero-order chi connectivity index (χ0) is 21.1. The van der Waals surface area contributed by atoms with E-state index in [1.807, 2.05) is 12.3 Å². The smallest absolute Gasteiger partial charge is 0.266 e. The summed E-state index contributed by atoms with van der Waals surface area (Å²) in [6.07, 6.45) is 8.48. The summed E-state index contributed by atoms with van der Waals surface area (Å²) in [6.45, 7) is 2.71. The molecule has 1 heterocycles. The zero-order valence-corrected chi connectivity index (χ0v) is 17.9. The van der Waals surface area contributed by atoms with Crippen LogP contribution in [0.5, 0.6) is 0 Å². The molecule has 4 aliphatic carbocycles. The molecule has 0 aliphatic heterocycles. The van der Waals surface area contributed by atoms with Crippen molar-refractivity contribution in [2.75, 3.05) is 0 Å². The molecule has 8 atom stereocenters. The second-order valence-electron chi connectivity index (χ2n) is 10.9. The van der Waals surface area contributed by atoms with Crippen molar-refractivity contribution >= 4 is 5.78 Å². The predicted molar refractivity (Wildman–Crippen MR) is 109 cm³/mol. The summed E-state index contributed by atoms with van der Waals surface area (Å²) in [5.74, 6) is 2.92. The van der Waals surface area contributed by atoms with Crippen LogP contribution in [0.3, 0.4) is 0 Å². The van der Waals surface area contributed by atoms with E-state index in [2.05, 4.69) is 12.0 Å². The molecular weight excluding hydrogens is 386 g/mol. The van der Waals surface area contributed by atoms with Crippen molar-refractivity contribution in [3.63, 3.8) is 0 Å². The standard InChI is InChI=1S/C24H34F2N2O2/c1-23-9-7-17-16-8-10-24(30,22(25)26)13-15(16)3-4-18(17)19(23)5-6-20(23)21(29)14-28-12-2-11-27-28/h2,11-12,15-20,22,30H,3-10,13-14H2,1H3. The van der Waals surface area contributed by atoms with E-state index in [1.54, 1.807) is 10.9 Å². The zero-order valence-electron chi connectivity index (χ0n) is 17.9. The second kappa shape index (κ2) is 7.39. The van der Waals surface area contributed by atoms with Gasteiger partial charge in [0.2, 0.25) is 0 Å². The topological polar surface area (TPSA) is 55.1 Å². The fourth-order valence-electron chi connectivity index (χ4n) is 8.30. The Morgan fingerprint density at radius 1 is 1.13 bits per heavy atom. The van der Waals surface area contributed by atoms with Crippen LogP contribution in [0, 0.1) is 40.9 Å². The minimum atomic E-state index is -2.64. The Morgan fingerprint density at radius 3 is 2.67 bits per heavy atom. The van der Waals surface area contributed by atoms with E-state index in [0.29, 0.717) is 36.0 Å². The number of aliphatic hydroxyl groups is 1. The van der Waals surface area contributed by atoms with Crippen LogP contribution in [0.25, 0.3) is 0 Å². The molecule has 1 aromatic rings. The number of hydrogen-bond acceptors (Lipinski definition) is 3. The van der Waals surface area contributed by atoms with E-state index in [9.17, 15) is 18.7 Å². The third-order valence-electron chi connectivity index (χ3n) is 9.72. The lowest BCUT2D eigenvalue weighted by Crippen LogP contribution is -2.53. The van der Waals surface area contributed by atoms with Gasteiger partial charge in [-0.3, -0.25) is 9.48 Å². The first-order valence-corrected chi connectivity index (χ1v) is 11.8. The molecule has 0 saturated heterocycles. The van der Waals surface area contributed by atoms with Crippen molar-refractivity contribution in [3.05, 3.63) is 18.5 Å². The Labute approximate surface area is 177 Å². The number of nitrogens with zero attached hydrogens (tertiary/aromatic N) is 2. The highest BCUT2D eigenvalue weighted by Gasteiger charge is 2.59. The minimum absolute atomic E-state index is 0.0661. The molecule has 4 aliphatic rings. The first-order chi connectivity index (χ1) is 14.3. The van der Waals surface area contributed by atoms with E-state index in [1.165, 1.54) is 0 Å². The average molecular weight is 421 g/mol. The minimum Gasteiger partial charge on any atom is -0.384 e.